The van der Waals surface area contributed by atoms with Crippen LogP contribution in [-0.4, -0.2) is 59.6 Å². The molecule has 2 aromatic rings. The van der Waals surface area contributed by atoms with Crippen molar-refractivity contribution in [2.24, 2.45) is 0 Å². The van der Waals surface area contributed by atoms with Gasteiger partial charge in [-0.3, -0.25) is 4.90 Å². The Morgan fingerprint density at radius 2 is 1.88 bits per heavy atom. The summed E-state index contributed by atoms with van der Waals surface area (Å²) in [5, 5.41) is 14.0. The number of rotatable bonds is 8. The highest BCUT2D eigenvalue weighted by Crippen LogP contribution is 2.09. The van der Waals surface area contributed by atoms with Gasteiger partial charge in [0.2, 0.25) is 0 Å². The predicted octanol–water partition coefficient (Wildman–Crippen LogP) is 1.71. The molecule has 1 aliphatic heterocycles. The van der Waals surface area contributed by atoms with Crippen LogP contribution >= 0.6 is 0 Å². The van der Waals surface area contributed by atoms with E-state index in [4.69, 9.17) is 4.74 Å². The van der Waals surface area contributed by atoms with Crippen LogP contribution in [0.1, 0.15) is 18.1 Å². The molecule has 1 aromatic carbocycles. The third-order valence-corrected chi connectivity index (χ3v) is 4.52. The Morgan fingerprint density at radius 3 is 2.64 bits per heavy atom. The Morgan fingerprint density at radius 1 is 1.12 bits per heavy atom. The first-order chi connectivity index (χ1) is 12.1. The molecule has 1 saturated heterocycles. The van der Waals surface area contributed by atoms with Crippen LogP contribution in [0, 0.1) is 0 Å². The van der Waals surface area contributed by atoms with Crippen molar-refractivity contribution < 1.29 is 9.84 Å². The van der Waals surface area contributed by atoms with Crippen molar-refractivity contribution >= 4 is 0 Å². The second-order valence-corrected chi connectivity index (χ2v) is 7.17. The van der Waals surface area contributed by atoms with Crippen molar-refractivity contribution in [1.29, 1.82) is 0 Å². The highest BCUT2D eigenvalue weighted by molar-refractivity contribution is 5.17. The molecule has 2 heterocycles. The largest absolute Gasteiger partial charge is 0.388 e. The molecule has 0 radical (unpaired) electrons. The summed E-state index contributed by atoms with van der Waals surface area (Å²) >= 11 is 0. The minimum absolute atomic E-state index is 0.578. The average Bonchev–Trinajstić information content (AvgIpc) is 3.03. The molecule has 0 saturated carbocycles. The summed E-state index contributed by atoms with van der Waals surface area (Å²) in [6.45, 7) is 8.13. The van der Waals surface area contributed by atoms with Crippen molar-refractivity contribution in [2.45, 2.75) is 25.6 Å². The molecule has 0 aliphatic carbocycles. The molecule has 1 fully saturated rings. The molecule has 1 aromatic heterocycles. The summed E-state index contributed by atoms with van der Waals surface area (Å²) < 4.78 is 7.55. The first-order valence-corrected chi connectivity index (χ1v) is 9.02. The fourth-order valence-electron chi connectivity index (χ4n) is 3.26. The highest BCUT2D eigenvalue weighted by Gasteiger charge is 2.24. The summed E-state index contributed by atoms with van der Waals surface area (Å²) in [6.07, 6.45) is 4.27. The van der Waals surface area contributed by atoms with E-state index in [9.17, 15) is 5.11 Å². The number of hydrogen-bond donors (Lipinski definition) is 2. The number of morpholine rings is 1. The second-order valence-electron chi connectivity index (χ2n) is 7.17. The Kier molecular flexibility index (Phi) is 6.26. The molecule has 0 bridgehead atoms. The Hall–Kier alpha value is -1.66. The summed E-state index contributed by atoms with van der Waals surface area (Å²) in [5.41, 5.74) is 1.80. The molecule has 0 amide bonds. The maximum Gasteiger partial charge on any atom is 0.0869 e. The van der Waals surface area contributed by atoms with Crippen LogP contribution in [0.5, 0.6) is 0 Å². The number of benzene rings is 1. The van der Waals surface area contributed by atoms with Gasteiger partial charge in [0, 0.05) is 51.7 Å². The van der Waals surface area contributed by atoms with Gasteiger partial charge in [0.1, 0.15) is 0 Å². The van der Waals surface area contributed by atoms with Gasteiger partial charge in [-0.15, -0.1) is 0 Å². The molecule has 136 valence electrons. The number of nitrogens with one attached hydrogen (secondary N) is 1. The normalized spacial score (nSPS) is 18.2. The summed E-state index contributed by atoms with van der Waals surface area (Å²) in [6, 6.07) is 12.6. The summed E-state index contributed by atoms with van der Waals surface area (Å²) in [7, 11) is 0. The zero-order valence-electron chi connectivity index (χ0n) is 15.0. The molecule has 0 spiro atoms. The van der Waals surface area contributed by atoms with Crippen molar-refractivity contribution in [3.8, 4) is 0 Å². The van der Waals surface area contributed by atoms with E-state index < -0.39 is 5.60 Å². The van der Waals surface area contributed by atoms with Gasteiger partial charge in [0.05, 0.1) is 18.8 Å². The molecule has 1 unspecified atom stereocenters. The van der Waals surface area contributed by atoms with Gasteiger partial charge in [-0.05, 0) is 24.1 Å². The zero-order valence-corrected chi connectivity index (χ0v) is 15.0. The van der Waals surface area contributed by atoms with Crippen molar-refractivity contribution in [3.63, 3.8) is 0 Å². The maximum absolute atomic E-state index is 10.6. The van der Waals surface area contributed by atoms with Crippen molar-refractivity contribution in [2.75, 3.05) is 39.4 Å². The van der Waals surface area contributed by atoms with Crippen molar-refractivity contribution in [1.82, 2.24) is 14.8 Å². The fraction of sp³-hybridized carbons (Fsp3) is 0.500. The smallest absolute Gasteiger partial charge is 0.0869 e. The molecule has 25 heavy (non-hydrogen) atoms. The molecular formula is C20H29N3O2. The molecule has 1 aliphatic rings. The number of aromatic nitrogens is 1. The second kappa shape index (κ2) is 8.63. The van der Waals surface area contributed by atoms with Crippen molar-refractivity contribution in [3.05, 3.63) is 59.9 Å². The lowest BCUT2D eigenvalue weighted by Crippen LogP contribution is -2.50. The standard InChI is InChI=1S/C20H29N3O2/c1-20(24,17-22-9-11-25-12-10-22)16-21-13-19-7-8-23(15-19)14-18-5-3-2-4-6-18/h2-8,15,21,24H,9-14,16-17H2,1H3. The van der Waals surface area contributed by atoms with Gasteiger partial charge in [0.25, 0.3) is 0 Å². The summed E-state index contributed by atoms with van der Waals surface area (Å²) in [5.74, 6) is 0. The third-order valence-electron chi connectivity index (χ3n) is 4.52. The predicted molar refractivity (Wildman–Crippen MR) is 99.6 cm³/mol. The van der Waals surface area contributed by atoms with E-state index in [1.807, 2.05) is 13.0 Å². The zero-order chi connectivity index (χ0) is 17.5. The monoisotopic (exact) mass is 343 g/mol. The third kappa shape index (κ3) is 5.97. The van der Waals surface area contributed by atoms with Crippen LogP contribution in [0.2, 0.25) is 0 Å². The molecule has 5 heteroatoms. The average molecular weight is 343 g/mol. The van der Waals surface area contributed by atoms with E-state index in [0.29, 0.717) is 13.1 Å². The number of nitrogens with zero attached hydrogens (tertiary/aromatic N) is 2. The highest BCUT2D eigenvalue weighted by atomic mass is 16.5. The van der Waals surface area contributed by atoms with E-state index >= 15 is 0 Å². The minimum Gasteiger partial charge on any atom is -0.388 e. The number of hydrogen-bond acceptors (Lipinski definition) is 4. The van der Waals surface area contributed by atoms with E-state index in [2.05, 4.69) is 57.5 Å². The van der Waals surface area contributed by atoms with Gasteiger partial charge in [-0.25, -0.2) is 0 Å². The van der Waals surface area contributed by atoms with Gasteiger partial charge < -0.3 is 19.7 Å². The van der Waals surface area contributed by atoms with E-state index in [-0.39, 0.29) is 0 Å². The topological polar surface area (TPSA) is 49.7 Å². The van der Waals surface area contributed by atoms with E-state index in [1.165, 1.54) is 11.1 Å². The lowest BCUT2D eigenvalue weighted by Gasteiger charge is -2.34. The molecule has 1 atom stereocenters. The van der Waals surface area contributed by atoms with Crippen LogP contribution in [0.15, 0.2) is 48.8 Å². The minimum atomic E-state index is -0.732. The van der Waals surface area contributed by atoms with Gasteiger partial charge >= 0.3 is 0 Å². The van der Waals surface area contributed by atoms with E-state index in [0.717, 1.165) is 39.4 Å². The van der Waals surface area contributed by atoms with Crippen LogP contribution in [-0.2, 0) is 17.8 Å². The van der Waals surface area contributed by atoms with Crippen LogP contribution in [0.4, 0.5) is 0 Å². The summed E-state index contributed by atoms with van der Waals surface area (Å²) in [4.78, 5) is 2.27. The number of β-amino-alcohol motifs (C(OH)–C–C–N with tert-alkyl or cyclic N) is 1. The first-order valence-electron chi connectivity index (χ1n) is 9.02. The lowest BCUT2D eigenvalue weighted by molar-refractivity contribution is -0.0219. The Labute approximate surface area is 150 Å². The van der Waals surface area contributed by atoms with Crippen LogP contribution < -0.4 is 5.32 Å². The number of aliphatic hydroxyl groups is 1. The SMILES string of the molecule is CC(O)(CNCc1ccn(Cc2ccccc2)c1)CN1CCOCC1. The Bertz CT molecular complexity index is 633. The molecule has 3 rings (SSSR count). The Balaban J connectivity index is 1.42. The fourth-order valence-corrected chi connectivity index (χ4v) is 3.26. The molecule has 2 N–H and O–H groups in total. The molecular weight excluding hydrogens is 314 g/mol. The van der Waals surface area contributed by atoms with Crippen LogP contribution in [0.25, 0.3) is 0 Å². The van der Waals surface area contributed by atoms with Gasteiger partial charge in [0.15, 0.2) is 0 Å². The van der Waals surface area contributed by atoms with Crippen LogP contribution in [0.3, 0.4) is 0 Å². The van der Waals surface area contributed by atoms with Gasteiger partial charge in [-0.1, -0.05) is 30.3 Å². The lowest BCUT2D eigenvalue weighted by atomic mass is 10.1. The first kappa shape index (κ1) is 18.1. The maximum atomic E-state index is 10.6. The molecule has 5 nitrogen and oxygen atoms in total. The quantitative estimate of drug-likeness (QED) is 0.766. The number of ether oxygens (including phenoxy) is 1. The van der Waals surface area contributed by atoms with Gasteiger partial charge in [-0.2, -0.15) is 0 Å². The van der Waals surface area contributed by atoms with E-state index in [1.54, 1.807) is 0 Å².